The van der Waals surface area contributed by atoms with E-state index in [0.717, 1.165) is 0 Å². The van der Waals surface area contributed by atoms with Crippen molar-refractivity contribution in [2.45, 2.75) is 0 Å². The van der Waals surface area contributed by atoms with Crippen molar-refractivity contribution in [2.24, 2.45) is 0 Å². The van der Waals surface area contributed by atoms with Crippen molar-refractivity contribution in [1.82, 2.24) is 4.90 Å². The van der Waals surface area contributed by atoms with Crippen molar-refractivity contribution < 1.29 is 13.9 Å². The van der Waals surface area contributed by atoms with Crippen LogP contribution in [0.25, 0.3) is 0 Å². The van der Waals surface area contributed by atoms with Crippen LogP contribution in [0.2, 0.25) is 10.0 Å². The predicted octanol–water partition coefficient (Wildman–Crippen LogP) is 4.68. The third-order valence-electron chi connectivity index (χ3n) is 2.98. The molecule has 2 aromatic rings. The molecule has 2 rings (SSSR count). The topological polar surface area (TPSA) is 41.6 Å². The van der Waals surface area contributed by atoms with E-state index in [2.05, 4.69) is 5.32 Å². The summed E-state index contributed by atoms with van der Waals surface area (Å²) in [4.78, 5) is 13.5. The van der Waals surface area contributed by atoms with E-state index in [-0.39, 0.29) is 24.9 Å². The lowest BCUT2D eigenvalue weighted by Gasteiger charge is -2.18. The molecule has 0 saturated heterocycles. The zero-order chi connectivity index (χ0) is 16.8. The zero-order valence-corrected chi connectivity index (χ0v) is 13.9. The first-order valence-corrected chi connectivity index (χ1v) is 7.57. The van der Waals surface area contributed by atoms with Gasteiger partial charge in [0.25, 0.3) is 0 Å². The SMILES string of the molecule is CN(CCOc1ccccc1F)C(=O)Nc1cc(Cl)cc(Cl)c1. The van der Waals surface area contributed by atoms with Crippen LogP contribution in [0.4, 0.5) is 14.9 Å². The van der Waals surface area contributed by atoms with Gasteiger partial charge in [-0.2, -0.15) is 0 Å². The molecule has 2 amide bonds. The summed E-state index contributed by atoms with van der Waals surface area (Å²) in [6, 6.07) is 10.5. The van der Waals surface area contributed by atoms with E-state index in [9.17, 15) is 9.18 Å². The number of para-hydroxylation sites is 1. The molecule has 0 aromatic heterocycles. The molecule has 0 saturated carbocycles. The number of amides is 2. The summed E-state index contributed by atoms with van der Waals surface area (Å²) in [5.41, 5.74) is 0.495. The normalized spacial score (nSPS) is 10.3. The van der Waals surface area contributed by atoms with Gasteiger partial charge in [-0.25, -0.2) is 9.18 Å². The fourth-order valence-electron chi connectivity index (χ4n) is 1.80. The molecule has 0 aliphatic heterocycles. The van der Waals surface area contributed by atoms with Crippen molar-refractivity contribution in [3.05, 3.63) is 58.3 Å². The number of hydrogen-bond donors (Lipinski definition) is 1. The van der Waals surface area contributed by atoms with Crippen LogP contribution < -0.4 is 10.1 Å². The summed E-state index contributed by atoms with van der Waals surface area (Å²) in [5.74, 6) is -0.281. The van der Waals surface area contributed by atoms with Crippen LogP contribution in [0.5, 0.6) is 5.75 Å². The zero-order valence-electron chi connectivity index (χ0n) is 12.4. The van der Waals surface area contributed by atoms with Gasteiger partial charge >= 0.3 is 6.03 Å². The van der Waals surface area contributed by atoms with Gasteiger partial charge in [-0.05, 0) is 30.3 Å². The van der Waals surface area contributed by atoms with E-state index in [0.29, 0.717) is 15.7 Å². The smallest absolute Gasteiger partial charge is 0.321 e. The second kappa shape index (κ2) is 8.04. The molecule has 0 radical (unpaired) electrons. The summed E-state index contributed by atoms with van der Waals surface area (Å²) in [6.45, 7) is 0.454. The van der Waals surface area contributed by atoms with E-state index >= 15 is 0 Å². The van der Waals surface area contributed by atoms with Gasteiger partial charge < -0.3 is 15.0 Å². The lowest BCUT2D eigenvalue weighted by Crippen LogP contribution is -2.34. The molecule has 4 nitrogen and oxygen atoms in total. The van der Waals surface area contributed by atoms with Gasteiger partial charge in [-0.3, -0.25) is 0 Å². The van der Waals surface area contributed by atoms with Gasteiger partial charge in [0.2, 0.25) is 0 Å². The van der Waals surface area contributed by atoms with Crippen LogP contribution in [0.3, 0.4) is 0 Å². The first-order valence-electron chi connectivity index (χ1n) is 6.81. The minimum Gasteiger partial charge on any atom is -0.489 e. The minimum atomic E-state index is -0.437. The Labute approximate surface area is 143 Å². The second-order valence-electron chi connectivity index (χ2n) is 4.79. The van der Waals surface area contributed by atoms with Gasteiger partial charge in [0.15, 0.2) is 11.6 Å². The molecule has 0 spiro atoms. The maximum atomic E-state index is 13.4. The van der Waals surface area contributed by atoms with Gasteiger partial charge in [0.1, 0.15) is 6.61 Å². The summed E-state index contributed by atoms with van der Waals surface area (Å²) >= 11 is 11.7. The maximum Gasteiger partial charge on any atom is 0.321 e. The molecule has 23 heavy (non-hydrogen) atoms. The van der Waals surface area contributed by atoms with Crippen molar-refractivity contribution in [2.75, 3.05) is 25.5 Å². The first kappa shape index (κ1) is 17.4. The molecular weight excluding hydrogens is 342 g/mol. The molecule has 0 unspecified atom stereocenters. The molecule has 0 aliphatic rings. The number of hydrogen-bond acceptors (Lipinski definition) is 2. The maximum absolute atomic E-state index is 13.4. The summed E-state index contributed by atoms with van der Waals surface area (Å²) in [7, 11) is 1.60. The van der Waals surface area contributed by atoms with Crippen LogP contribution in [0, 0.1) is 5.82 Å². The number of carbonyl (C=O) groups excluding carboxylic acids is 1. The second-order valence-corrected chi connectivity index (χ2v) is 5.66. The minimum absolute atomic E-state index is 0.155. The highest BCUT2D eigenvalue weighted by atomic mass is 35.5. The Morgan fingerprint density at radius 3 is 2.52 bits per heavy atom. The lowest BCUT2D eigenvalue weighted by molar-refractivity contribution is 0.206. The van der Waals surface area contributed by atoms with E-state index in [1.807, 2.05) is 0 Å². The summed E-state index contributed by atoms with van der Waals surface area (Å²) in [6.07, 6.45) is 0. The lowest BCUT2D eigenvalue weighted by atomic mass is 10.3. The number of ether oxygens (including phenoxy) is 1. The number of nitrogens with zero attached hydrogens (tertiary/aromatic N) is 1. The van der Waals surface area contributed by atoms with E-state index < -0.39 is 5.82 Å². The van der Waals surface area contributed by atoms with Crippen molar-refractivity contribution in [3.8, 4) is 5.75 Å². The van der Waals surface area contributed by atoms with E-state index in [1.54, 1.807) is 37.4 Å². The number of carbonyl (C=O) groups is 1. The molecule has 1 N–H and O–H groups in total. The number of urea groups is 1. The van der Waals surface area contributed by atoms with Crippen molar-refractivity contribution in [3.63, 3.8) is 0 Å². The average Bonchev–Trinajstić information content (AvgIpc) is 2.48. The number of benzene rings is 2. The Balaban J connectivity index is 1.84. The van der Waals surface area contributed by atoms with Crippen molar-refractivity contribution in [1.29, 1.82) is 0 Å². The molecule has 7 heteroatoms. The predicted molar refractivity (Wildman–Crippen MR) is 90.0 cm³/mol. The Morgan fingerprint density at radius 1 is 1.22 bits per heavy atom. The molecule has 2 aromatic carbocycles. The standard InChI is InChI=1S/C16H15Cl2FN2O2/c1-21(6-7-23-15-5-3-2-4-14(15)19)16(22)20-13-9-11(17)8-12(18)10-13/h2-5,8-10H,6-7H2,1H3,(H,20,22). The van der Waals surface area contributed by atoms with Gasteiger partial charge in [0.05, 0.1) is 6.54 Å². The molecular formula is C16H15Cl2FN2O2. The molecule has 0 atom stereocenters. The third-order valence-corrected chi connectivity index (χ3v) is 3.42. The third kappa shape index (κ3) is 5.30. The number of likely N-dealkylation sites (N-methyl/N-ethyl adjacent to an activating group) is 1. The number of halogens is 3. The van der Waals surface area contributed by atoms with Crippen LogP contribution in [0.1, 0.15) is 0 Å². The van der Waals surface area contributed by atoms with Crippen molar-refractivity contribution >= 4 is 34.9 Å². The monoisotopic (exact) mass is 356 g/mol. The Morgan fingerprint density at radius 2 is 1.87 bits per heavy atom. The Kier molecular flexibility index (Phi) is 6.07. The molecule has 0 fully saturated rings. The van der Waals surface area contributed by atoms with Gasteiger partial charge in [-0.1, -0.05) is 35.3 Å². The molecule has 0 bridgehead atoms. The summed E-state index contributed by atoms with van der Waals surface area (Å²) < 4.78 is 18.7. The number of nitrogens with one attached hydrogen (secondary N) is 1. The Bertz CT molecular complexity index is 677. The van der Waals surface area contributed by atoms with Crippen LogP contribution in [0.15, 0.2) is 42.5 Å². The van der Waals surface area contributed by atoms with Crippen LogP contribution in [-0.2, 0) is 0 Å². The van der Waals surface area contributed by atoms with Crippen LogP contribution >= 0.6 is 23.2 Å². The fraction of sp³-hybridized carbons (Fsp3) is 0.188. The Hall–Kier alpha value is -1.98. The quantitative estimate of drug-likeness (QED) is 0.845. The van der Waals surface area contributed by atoms with E-state index in [1.165, 1.54) is 17.0 Å². The largest absolute Gasteiger partial charge is 0.489 e. The van der Waals surface area contributed by atoms with Gasteiger partial charge in [-0.15, -0.1) is 0 Å². The number of rotatable bonds is 5. The van der Waals surface area contributed by atoms with E-state index in [4.69, 9.17) is 27.9 Å². The molecule has 0 heterocycles. The fourth-order valence-corrected chi connectivity index (χ4v) is 2.33. The highest BCUT2D eigenvalue weighted by molar-refractivity contribution is 6.35. The van der Waals surface area contributed by atoms with Crippen LogP contribution in [-0.4, -0.2) is 31.1 Å². The summed E-state index contributed by atoms with van der Waals surface area (Å²) in [5, 5.41) is 3.53. The first-order chi connectivity index (χ1) is 11.0. The number of anilines is 1. The van der Waals surface area contributed by atoms with Gasteiger partial charge in [0, 0.05) is 22.8 Å². The highest BCUT2D eigenvalue weighted by Crippen LogP contribution is 2.22. The highest BCUT2D eigenvalue weighted by Gasteiger charge is 2.10. The average molecular weight is 357 g/mol. The molecule has 0 aliphatic carbocycles. The molecule has 122 valence electrons.